The second kappa shape index (κ2) is 5.07. The molecule has 17 heavy (non-hydrogen) atoms. The lowest BCUT2D eigenvalue weighted by atomic mass is 10.1. The first kappa shape index (κ1) is 11.1. The maximum absolute atomic E-state index is 5.83. The molecule has 0 bridgehead atoms. The molecule has 0 aliphatic carbocycles. The van der Waals surface area contributed by atoms with E-state index < -0.39 is 0 Å². The Morgan fingerprint density at radius 1 is 0.765 bits per heavy atom. The van der Waals surface area contributed by atoms with Crippen LogP contribution in [0.5, 0.6) is 11.5 Å². The minimum absolute atomic E-state index is 0.894. The standard InChI is InChI=1S/C14H12OS2/c1-2-4-13(5-3-1)15-14-7-6-11-9-16-17-10-12(11)8-14/h1-8H,9-10H2. The van der Waals surface area contributed by atoms with E-state index in [1.807, 2.05) is 51.9 Å². The van der Waals surface area contributed by atoms with E-state index >= 15 is 0 Å². The number of benzene rings is 2. The summed E-state index contributed by atoms with van der Waals surface area (Å²) in [5, 5.41) is 0. The number of ether oxygens (including phenoxy) is 1. The molecule has 1 aliphatic heterocycles. The summed E-state index contributed by atoms with van der Waals surface area (Å²) in [6.07, 6.45) is 0. The molecule has 0 saturated heterocycles. The predicted octanol–water partition coefficient (Wildman–Crippen LogP) is 4.87. The summed E-state index contributed by atoms with van der Waals surface area (Å²) in [6, 6.07) is 16.3. The van der Waals surface area contributed by atoms with Gasteiger partial charge >= 0.3 is 0 Å². The number of hydrogen-bond acceptors (Lipinski definition) is 3. The van der Waals surface area contributed by atoms with Crippen molar-refractivity contribution in [2.24, 2.45) is 0 Å². The number of para-hydroxylation sites is 1. The van der Waals surface area contributed by atoms with Crippen LogP contribution in [0.1, 0.15) is 11.1 Å². The van der Waals surface area contributed by atoms with Crippen molar-refractivity contribution in [3.8, 4) is 11.5 Å². The van der Waals surface area contributed by atoms with Crippen molar-refractivity contribution in [1.82, 2.24) is 0 Å². The molecule has 0 atom stereocenters. The Morgan fingerprint density at radius 2 is 1.53 bits per heavy atom. The molecule has 1 nitrogen and oxygen atoms in total. The minimum Gasteiger partial charge on any atom is -0.457 e. The molecule has 0 aromatic heterocycles. The fourth-order valence-corrected chi connectivity index (χ4v) is 4.01. The molecule has 0 saturated carbocycles. The fourth-order valence-electron chi connectivity index (χ4n) is 1.78. The van der Waals surface area contributed by atoms with Crippen molar-refractivity contribution in [2.75, 3.05) is 0 Å². The van der Waals surface area contributed by atoms with Crippen LogP contribution in [0.2, 0.25) is 0 Å². The van der Waals surface area contributed by atoms with Gasteiger partial charge in [0.05, 0.1) is 0 Å². The lowest BCUT2D eigenvalue weighted by molar-refractivity contribution is 0.482. The summed E-state index contributed by atoms with van der Waals surface area (Å²) < 4.78 is 5.83. The highest BCUT2D eigenvalue weighted by Gasteiger charge is 2.10. The number of hydrogen-bond donors (Lipinski definition) is 0. The Bertz CT molecular complexity index is 511. The molecule has 3 heteroatoms. The molecular weight excluding hydrogens is 248 g/mol. The van der Waals surface area contributed by atoms with Crippen LogP contribution in [0.25, 0.3) is 0 Å². The lowest BCUT2D eigenvalue weighted by Crippen LogP contribution is -1.95. The van der Waals surface area contributed by atoms with Crippen molar-refractivity contribution in [3.05, 3.63) is 59.7 Å². The van der Waals surface area contributed by atoms with E-state index in [-0.39, 0.29) is 0 Å². The van der Waals surface area contributed by atoms with Crippen molar-refractivity contribution >= 4 is 21.6 Å². The molecule has 0 radical (unpaired) electrons. The van der Waals surface area contributed by atoms with Gasteiger partial charge in [0.25, 0.3) is 0 Å². The van der Waals surface area contributed by atoms with Crippen molar-refractivity contribution < 1.29 is 4.74 Å². The Kier molecular flexibility index (Phi) is 3.29. The van der Waals surface area contributed by atoms with E-state index in [1.165, 1.54) is 11.1 Å². The van der Waals surface area contributed by atoms with Gasteiger partial charge in [-0.15, -0.1) is 0 Å². The normalized spacial score (nSPS) is 14.1. The largest absolute Gasteiger partial charge is 0.457 e. The first-order valence-corrected chi connectivity index (χ1v) is 8.00. The summed E-state index contributed by atoms with van der Waals surface area (Å²) in [5.74, 6) is 4.00. The predicted molar refractivity (Wildman–Crippen MR) is 75.5 cm³/mol. The second-order valence-corrected chi connectivity index (χ2v) is 6.33. The molecule has 0 amide bonds. The molecular formula is C14H12OS2. The highest BCUT2D eigenvalue weighted by molar-refractivity contribution is 8.76. The molecule has 1 heterocycles. The van der Waals surface area contributed by atoms with Crippen LogP contribution in [-0.2, 0) is 11.5 Å². The maximum atomic E-state index is 5.83. The van der Waals surface area contributed by atoms with Crippen LogP contribution >= 0.6 is 21.6 Å². The Hall–Kier alpha value is -1.06. The van der Waals surface area contributed by atoms with E-state index in [4.69, 9.17) is 4.74 Å². The minimum atomic E-state index is 0.894. The third kappa shape index (κ3) is 2.61. The number of fused-ring (bicyclic) bond motifs is 1. The average molecular weight is 260 g/mol. The first-order valence-electron chi connectivity index (χ1n) is 5.51. The topological polar surface area (TPSA) is 9.23 Å². The van der Waals surface area contributed by atoms with Crippen LogP contribution in [0.15, 0.2) is 48.5 Å². The highest BCUT2D eigenvalue weighted by Crippen LogP contribution is 2.38. The Morgan fingerprint density at radius 3 is 2.35 bits per heavy atom. The van der Waals surface area contributed by atoms with Gasteiger partial charge in [0.2, 0.25) is 0 Å². The third-order valence-electron chi connectivity index (χ3n) is 2.67. The molecule has 0 N–H and O–H groups in total. The molecule has 0 spiro atoms. The van der Waals surface area contributed by atoms with Gasteiger partial charge in [0.15, 0.2) is 0 Å². The Labute approximate surface area is 109 Å². The maximum Gasteiger partial charge on any atom is 0.127 e. The van der Waals surface area contributed by atoms with Gasteiger partial charge < -0.3 is 4.74 Å². The highest BCUT2D eigenvalue weighted by atomic mass is 33.1. The first-order chi connectivity index (χ1) is 8.42. The smallest absolute Gasteiger partial charge is 0.127 e. The molecule has 0 fully saturated rings. The zero-order valence-corrected chi connectivity index (χ0v) is 10.9. The summed E-state index contributed by atoms with van der Waals surface area (Å²) in [4.78, 5) is 0. The second-order valence-electron chi connectivity index (χ2n) is 3.87. The zero-order chi connectivity index (χ0) is 11.5. The SMILES string of the molecule is c1ccc(Oc2ccc3c(c2)CSSC3)cc1. The van der Waals surface area contributed by atoms with Crippen LogP contribution in [0.3, 0.4) is 0 Å². The average Bonchev–Trinajstić information content (AvgIpc) is 2.40. The van der Waals surface area contributed by atoms with Crippen LogP contribution in [-0.4, -0.2) is 0 Å². The Balaban J connectivity index is 1.84. The van der Waals surface area contributed by atoms with Gasteiger partial charge in [-0.2, -0.15) is 0 Å². The molecule has 0 unspecified atom stereocenters. The van der Waals surface area contributed by atoms with Crippen molar-refractivity contribution in [1.29, 1.82) is 0 Å². The van der Waals surface area contributed by atoms with Crippen LogP contribution < -0.4 is 4.74 Å². The van der Waals surface area contributed by atoms with Crippen molar-refractivity contribution in [2.45, 2.75) is 11.5 Å². The van der Waals surface area contributed by atoms with Crippen LogP contribution in [0.4, 0.5) is 0 Å². The third-order valence-corrected chi connectivity index (χ3v) is 4.90. The fraction of sp³-hybridized carbons (Fsp3) is 0.143. The van der Waals surface area contributed by atoms with Gasteiger partial charge in [-0.25, -0.2) is 0 Å². The van der Waals surface area contributed by atoms with Gasteiger partial charge in [-0.1, -0.05) is 45.9 Å². The number of rotatable bonds is 2. The molecule has 3 rings (SSSR count). The van der Waals surface area contributed by atoms with Crippen LogP contribution in [0, 0.1) is 0 Å². The zero-order valence-electron chi connectivity index (χ0n) is 9.26. The van der Waals surface area contributed by atoms with E-state index in [2.05, 4.69) is 18.2 Å². The summed E-state index contributed by atoms with van der Waals surface area (Å²) >= 11 is 0. The lowest BCUT2D eigenvalue weighted by Gasteiger charge is -2.15. The van der Waals surface area contributed by atoms with Gasteiger partial charge in [0, 0.05) is 11.5 Å². The quantitative estimate of drug-likeness (QED) is 0.713. The molecule has 2 aromatic carbocycles. The van der Waals surface area contributed by atoms with E-state index in [9.17, 15) is 0 Å². The summed E-state index contributed by atoms with van der Waals surface area (Å²) in [6.45, 7) is 0. The van der Waals surface area contributed by atoms with Gasteiger partial charge in [-0.05, 0) is 35.4 Å². The summed E-state index contributed by atoms with van der Waals surface area (Å²) in [7, 11) is 3.84. The van der Waals surface area contributed by atoms with Crippen molar-refractivity contribution in [3.63, 3.8) is 0 Å². The van der Waals surface area contributed by atoms with E-state index in [1.54, 1.807) is 0 Å². The summed E-state index contributed by atoms with van der Waals surface area (Å²) in [5.41, 5.74) is 2.84. The molecule has 2 aromatic rings. The monoisotopic (exact) mass is 260 g/mol. The molecule has 86 valence electrons. The molecule has 1 aliphatic rings. The van der Waals surface area contributed by atoms with E-state index in [0.717, 1.165) is 23.0 Å². The van der Waals surface area contributed by atoms with Gasteiger partial charge in [-0.3, -0.25) is 0 Å². The van der Waals surface area contributed by atoms with E-state index in [0.29, 0.717) is 0 Å². The van der Waals surface area contributed by atoms with Gasteiger partial charge in [0.1, 0.15) is 11.5 Å².